The van der Waals surface area contributed by atoms with E-state index < -0.39 is 9.84 Å². The van der Waals surface area contributed by atoms with Crippen LogP contribution in [0, 0.1) is 0 Å². The molecule has 0 aliphatic heterocycles. The molecule has 100 valence electrons. The van der Waals surface area contributed by atoms with E-state index in [1.807, 2.05) is 19.1 Å². The minimum Gasteiger partial charge on any atom is -0.293 e. The van der Waals surface area contributed by atoms with Crippen LogP contribution in [0.4, 0.5) is 0 Å². The molecule has 1 aromatic heterocycles. The van der Waals surface area contributed by atoms with Crippen molar-refractivity contribution >= 4 is 27.0 Å². The van der Waals surface area contributed by atoms with Crippen LogP contribution >= 0.6 is 11.3 Å². The largest absolute Gasteiger partial charge is 0.293 e. The maximum Gasteiger partial charge on any atom is 0.175 e. The number of Topliss-reactive ketones (excluding diaryl/α,β-unsaturated/α-hetero) is 1. The molecule has 0 unspecified atom stereocenters. The molecule has 0 atom stereocenters. The number of ketones is 1. The number of hydrogen-bond donors (Lipinski definition) is 0. The van der Waals surface area contributed by atoms with Crippen molar-refractivity contribution < 1.29 is 13.2 Å². The fourth-order valence-electron chi connectivity index (χ4n) is 1.70. The zero-order valence-electron chi connectivity index (χ0n) is 10.7. The van der Waals surface area contributed by atoms with Gasteiger partial charge in [0.05, 0.1) is 9.77 Å². The summed E-state index contributed by atoms with van der Waals surface area (Å²) in [7, 11) is -3.21. The van der Waals surface area contributed by atoms with Crippen molar-refractivity contribution in [1.82, 2.24) is 0 Å². The molecular weight excluding hydrogens is 280 g/mol. The van der Waals surface area contributed by atoms with Gasteiger partial charge in [0.1, 0.15) is 0 Å². The summed E-state index contributed by atoms with van der Waals surface area (Å²) in [5.74, 6) is 0.107. The molecule has 19 heavy (non-hydrogen) atoms. The lowest BCUT2D eigenvalue weighted by atomic mass is 10.2. The van der Waals surface area contributed by atoms with Gasteiger partial charge >= 0.3 is 0 Å². The van der Waals surface area contributed by atoms with Gasteiger partial charge in [-0.1, -0.05) is 19.1 Å². The predicted molar refractivity (Wildman–Crippen MR) is 77.5 cm³/mol. The van der Waals surface area contributed by atoms with Gasteiger partial charge in [-0.05, 0) is 29.8 Å². The molecular formula is C14H14O3S2. The predicted octanol–water partition coefficient (Wildman–Crippen LogP) is 3.41. The molecule has 2 aromatic rings. The van der Waals surface area contributed by atoms with E-state index in [2.05, 4.69) is 0 Å². The average Bonchev–Trinajstić information content (AvgIpc) is 2.86. The standard InChI is InChI=1S/C14H14O3S2/c1-3-12(15)14-8-7-13(18-14)10-5-4-6-11(9-10)19(2,16)17/h4-9H,3H2,1-2H3. The van der Waals surface area contributed by atoms with Crippen molar-refractivity contribution in [3.05, 3.63) is 41.3 Å². The fraction of sp³-hybridized carbons (Fsp3) is 0.214. The van der Waals surface area contributed by atoms with Gasteiger partial charge in [0.25, 0.3) is 0 Å². The highest BCUT2D eigenvalue weighted by Gasteiger charge is 2.11. The number of benzene rings is 1. The number of carbonyl (C=O) groups excluding carboxylic acids is 1. The van der Waals surface area contributed by atoms with Crippen molar-refractivity contribution in [3.8, 4) is 10.4 Å². The monoisotopic (exact) mass is 294 g/mol. The molecule has 0 N–H and O–H groups in total. The van der Waals surface area contributed by atoms with Gasteiger partial charge in [-0.2, -0.15) is 0 Å². The van der Waals surface area contributed by atoms with E-state index in [9.17, 15) is 13.2 Å². The van der Waals surface area contributed by atoms with E-state index in [1.54, 1.807) is 24.3 Å². The van der Waals surface area contributed by atoms with Crippen LogP contribution in [0.25, 0.3) is 10.4 Å². The van der Waals surface area contributed by atoms with E-state index >= 15 is 0 Å². The van der Waals surface area contributed by atoms with Crippen LogP contribution in [0.2, 0.25) is 0 Å². The van der Waals surface area contributed by atoms with Crippen molar-refractivity contribution in [2.75, 3.05) is 6.26 Å². The molecule has 5 heteroatoms. The van der Waals surface area contributed by atoms with Crippen LogP contribution in [-0.2, 0) is 9.84 Å². The lowest BCUT2D eigenvalue weighted by Crippen LogP contribution is -1.96. The quantitative estimate of drug-likeness (QED) is 0.812. The van der Waals surface area contributed by atoms with Crippen LogP contribution in [0.5, 0.6) is 0 Å². The lowest BCUT2D eigenvalue weighted by molar-refractivity contribution is 0.0992. The maximum atomic E-state index is 11.6. The molecule has 0 saturated heterocycles. The fourth-order valence-corrected chi connectivity index (χ4v) is 3.38. The average molecular weight is 294 g/mol. The molecule has 0 aliphatic carbocycles. The van der Waals surface area contributed by atoms with Gasteiger partial charge in [-0.15, -0.1) is 11.3 Å². The van der Waals surface area contributed by atoms with E-state index in [0.29, 0.717) is 16.2 Å². The van der Waals surface area contributed by atoms with E-state index in [4.69, 9.17) is 0 Å². The number of sulfone groups is 1. The van der Waals surface area contributed by atoms with Gasteiger partial charge in [0.2, 0.25) is 0 Å². The number of rotatable bonds is 4. The summed E-state index contributed by atoms with van der Waals surface area (Å²) in [4.78, 5) is 13.5. The third kappa shape index (κ3) is 3.11. The Morgan fingerprint density at radius 1 is 1.21 bits per heavy atom. The molecule has 0 aliphatic rings. The van der Waals surface area contributed by atoms with E-state index in [1.165, 1.54) is 17.6 Å². The molecule has 0 spiro atoms. The Balaban J connectivity index is 2.43. The van der Waals surface area contributed by atoms with Gasteiger partial charge in [-0.3, -0.25) is 4.79 Å². The molecule has 0 bridgehead atoms. The first-order valence-corrected chi connectivity index (χ1v) is 8.56. The Bertz CT molecular complexity index is 712. The molecule has 0 radical (unpaired) electrons. The van der Waals surface area contributed by atoms with Crippen LogP contribution < -0.4 is 0 Å². The summed E-state index contributed by atoms with van der Waals surface area (Å²) < 4.78 is 23.1. The first-order valence-electron chi connectivity index (χ1n) is 5.85. The van der Waals surface area contributed by atoms with Crippen molar-refractivity contribution in [2.45, 2.75) is 18.2 Å². The molecule has 1 heterocycles. The SMILES string of the molecule is CCC(=O)c1ccc(-c2cccc(S(C)(=O)=O)c2)s1. The summed E-state index contributed by atoms with van der Waals surface area (Å²) >= 11 is 1.39. The highest BCUT2D eigenvalue weighted by molar-refractivity contribution is 7.90. The third-order valence-corrected chi connectivity index (χ3v) is 5.03. The first kappa shape index (κ1) is 14.0. The third-order valence-electron chi connectivity index (χ3n) is 2.75. The lowest BCUT2D eigenvalue weighted by Gasteiger charge is -2.01. The normalized spacial score (nSPS) is 11.5. The van der Waals surface area contributed by atoms with Crippen molar-refractivity contribution in [3.63, 3.8) is 0 Å². The Morgan fingerprint density at radius 2 is 1.95 bits per heavy atom. The van der Waals surface area contributed by atoms with Crippen LogP contribution in [0.3, 0.4) is 0 Å². The summed E-state index contributed by atoms with van der Waals surface area (Å²) in [5, 5.41) is 0. The van der Waals surface area contributed by atoms with E-state index in [0.717, 1.165) is 10.4 Å². The first-order chi connectivity index (χ1) is 8.91. The molecule has 0 saturated carbocycles. The second kappa shape index (κ2) is 5.27. The zero-order chi connectivity index (χ0) is 14.0. The number of hydrogen-bond acceptors (Lipinski definition) is 4. The second-order valence-electron chi connectivity index (χ2n) is 4.24. The minimum absolute atomic E-state index is 0.107. The summed E-state index contributed by atoms with van der Waals surface area (Å²) in [5.41, 5.74) is 0.822. The van der Waals surface area contributed by atoms with E-state index in [-0.39, 0.29) is 5.78 Å². The highest BCUT2D eigenvalue weighted by Crippen LogP contribution is 2.30. The topological polar surface area (TPSA) is 51.2 Å². The summed E-state index contributed by atoms with van der Waals surface area (Å²) in [6, 6.07) is 10.4. The second-order valence-corrected chi connectivity index (χ2v) is 7.34. The minimum atomic E-state index is -3.21. The Hall–Kier alpha value is -1.46. The molecule has 1 aromatic carbocycles. The van der Waals surface area contributed by atoms with Crippen molar-refractivity contribution in [2.24, 2.45) is 0 Å². The van der Waals surface area contributed by atoms with Crippen LogP contribution in [0.1, 0.15) is 23.0 Å². The Morgan fingerprint density at radius 3 is 2.58 bits per heavy atom. The van der Waals surface area contributed by atoms with Gasteiger partial charge in [-0.25, -0.2) is 8.42 Å². The molecule has 3 nitrogen and oxygen atoms in total. The summed E-state index contributed by atoms with van der Waals surface area (Å²) in [6.45, 7) is 1.83. The maximum absolute atomic E-state index is 11.6. The van der Waals surface area contributed by atoms with Gasteiger partial charge in [0.15, 0.2) is 15.6 Å². The Labute approximate surface area is 116 Å². The Kier molecular flexibility index (Phi) is 3.87. The molecule has 2 rings (SSSR count). The zero-order valence-corrected chi connectivity index (χ0v) is 12.3. The highest BCUT2D eigenvalue weighted by atomic mass is 32.2. The van der Waals surface area contributed by atoms with Crippen LogP contribution in [0.15, 0.2) is 41.3 Å². The molecule has 0 fully saturated rings. The number of carbonyl (C=O) groups is 1. The van der Waals surface area contributed by atoms with Gasteiger partial charge in [0, 0.05) is 17.6 Å². The number of thiophene rings is 1. The van der Waals surface area contributed by atoms with Crippen LogP contribution in [-0.4, -0.2) is 20.5 Å². The van der Waals surface area contributed by atoms with Crippen molar-refractivity contribution in [1.29, 1.82) is 0 Å². The smallest absolute Gasteiger partial charge is 0.175 e. The van der Waals surface area contributed by atoms with Gasteiger partial charge < -0.3 is 0 Å². The molecule has 0 amide bonds. The summed E-state index contributed by atoms with van der Waals surface area (Å²) in [6.07, 6.45) is 1.66.